The molecule has 1 N–H and O–H groups in total. The Morgan fingerprint density at radius 3 is 2.00 bits per heavy atom. The van der Waals surface area contributed by atoms with Crippen LogP contribution in [-0.2, 0) is 5.41 Å². The SMILES string of the molecule is C/C(=N/NC(=O)c1ccc(C(C)(C)C)cc1)c1ccc(Cl)cc1. The first-order valence-electron chi connectivity index (χ1n) is 7.48. The van der Waals surface area contributed by atoms with Gasteiger partial charge in [0.25, 0.3) is 5.91 Å². The summed E-state index contributed by atoms with van der Waals surface area (Å²) in [7, 11) is 0. The van der Waals surface area contributed by atoms with Crippen molar-refractivity contribution >= 4 is 23.2 Å². The van der Waals surface area contributed by atoms with Crippen LogP contribution in [0.3, 0.4) is 0 Å². The molecular formula is C19H21ClN2O. The third-order valence-electron chi connectivity index (χ3n) is 3.60. The Labute approximate surface area is 142 Å². The minimum atomic E-state index is -0.223. The molecule has 0 heterocycles. The van der Waals surface area contributed by atoms with Gasteiger partial charge in [0.05, 0.1) is 5.71 Å². The fourth-order valence-electron chi connectivity index (χ4n) is 2.08. The number of hydrogen-bond acceptors (Lipinski definition) is 2. The van der Waals surface area contributed by atoms with E-state index in [-0.39, 0.29) is 11.3 Å². The van der Waals surface area contributed by atoms with E-state index in [1.54, 1.807) is 12.1 Å². The van der Waals surface area contributed by atoms with E-state index in [1.165, 1.54) is 5.56 Å². The van der Waals surface area contributed by atoms with Gasteiger partial charge in [-0.05, 0) is 47.7 Å². The molecule has 0 aliphatic heterocycles. The number of halogens is 1. The Morgan fingerprint density at radius 1 is 0.957 bits per heavy atom. The minimum absolute atomic E-state index is 0.0678. The van der Waals surface area contributed by atoms with Gasteiger partial charge in [-0.1, -0.05) is 56.6 Å². The van der Waals surface area contributed by atoms with Crippen molar-refractivity contribution in [3.8, 4) is 0 Å². The highest BCUT2D eigenvalue weighted by Gasteiger charge is 2.14. The van der Waals surface area contributed by atoms with Gasteiger partial charge in [0, 0.05) is 10.6 Å². The quantitative estimate of drug-likeness (QED) is 0.638. The molecule has 2 aromatic carbocycles. The van der Waals surface area contributed by atoms with E-state index >= 15 is 0 Å². The molecule has 0 unspecified atom stereocenters. The maximum Gasteiger partial charge on any atom is 0.271 e. The molecule has 0 saturated carbocycles. The van der Waals surface area contributed by atoms with Gasteiger partial charge in [-0.25, -0.2) is 5.43 Å². The van der Waals surface area contributed by atoms with Crippen LogP contribution >= 0.6 is 11.6 Å². The normalized spacial score (nSPS) is 12.1. The predicted octanol–water partition coefficient (Wildman–Crippen LogP) is 4.79. The zero-order chi connectivity index (χ0) is 17.0. The Kier molecular flexibility index (Phi) is 5.22. The van der Waals surface area contributed by atoms with Crippen LogP contribution in [0.2, 0.25) is 5.02 Å². The fourth-order valence-corrected chi connectivity index (χ4v) is 2.20. The van der Waals surface area contributed by atoms with Crippen LogP contribution < -0.4 is 5.43 Å². The number of benzene rings is 2. The van der Waals surface area contributed by atoms with Gasteiger partial charge in [-0.15, -0.1) is 0 Å². The van der Waals surface area contributed by atoms with Crippen molar-refractivity contribution in [2.45, 2.75) is 33.1 Å². The van der Waals surface area contributed by atoms with E-state index in [2.05, 4.69) is 31.3 Å². The average molecular weight is 329 g/mol. The lowest BCUT2D eigenvalue weighted by atomic mass is 9.87. The van der Waals surface area contributed by atoms with Crippen LogP contribution in [0, 0.1) is 0 Å². The first-order valence-corrected chi connectivity index (χ1v) is 7.86. The second-order valence-corrected chi connectivity index (χ2v) is 6.91. The average Bonchev–Trinajstić information content (AvgIpc) is 2.52. The predicted molar refractivity (Wildman–Crippen MR) is 96.3 cm³/mol. The molecule has 0 spiro atoms. The van der Waals surface area contributed by atoms with Crippen LogP contribution in [-0.4, -0.2) is 11.6 Å². The molecule has 2 aromatic rings. The smallest absolute Gasteiger partial charge is 0.267 e. The van der Waals surface area contributed by atoms with Gasteiger partial charge in [0.15, 0.2) is 0 Å². The number of hydrogen-bond donors (Lipinski definition) is 1. The van der Waals surface area contributed by atoms with Crippen LogP contribution in [0.25, 0.3) is 0 Å². The standard InChI is InChI=1S/C19H21ClN2O/c1-13(14-7-11-17(20)12-8-14)21-22-18(23)15-5-9-16(10-6-15)19(2,3)4/h5-12H,1-4H3,(H,22,23)/b21-13-. The largest absolute Gasteiger partial charge is 0.271 e. The van der Waals surface area contributed by atoms with E-state index in [1.807, 2.05) is 43.3 Å². The van der Waals surface area contributed by atoms with Crippen LogP contribution in [0.4, 0.5) is 0 Å². The summed E-state index contributed by atoms with van der Waals surface area (Å²) in [5.41, 5.74) is 6.07. The zero-order valence-electron chi connectivity index (χ0n) is 13.9. The molecule has 3 nitrogen and oxygen atoms in total. The number of carbonyl (C=O) groups is 1. The number of amides is 1. The second-order valence-electron chi connectivity index (χ2n) is 6.47. The summed E-state index contributed by atoms with van der Waals surface area (Å²) >= 11 is 5.86. The second kappa shape index (κ2) is 6.97. The van der Waals surface area contributed by atoms with Gasteiger partial charge >= 0.3 is 0 Å². The molecular weight excluding hydrogens is 308 g/mol. The highest BCUT2D eigenvalue weighted by molar-refractivity contribution is 6.30. The molecule has 4 heteroatoms. The van der Waals surface area contributed by atoms with Crippen molar-refractivity contribution < 1.29 is 4.79 Å². The van der Waals surface area contributed by atoms with Gasteiger partial charge in [-0.3, -0.25) is 4.79 Å². The lowest BCUT2D eigenvalue weighted by Gasteiger charge is -2.18. The van der Waals surface area contributed by atoms with Crippen molar-refractivity contribution in [3.05, 3.63) is 70.2 Å². The number of hydrazone groups is 1. The number of nitrogens with zero attached hydrogens (tertiary/aromatic N) is 1. The van der Waals surface area contributed by atoms with Crippen molar-refractivity contribution in [1.29, 1.82) is 0 Å². The Bertz CT molecular complexity index is 711. The molecule has 0 aliphatic carbocycles. The molecule has 0 fully saturated rings. The summed E-state index contributed by atoms with van der Waals surface area (Å²) in [6, 6.07) is 14.9. The van der Waals surface area contributed by atoms with E-state index in [9.17, 15) is 4.79 Å². The third kappa shape index (κ3) is 4.67. The van der Waals surface area contributed by atoms with Crippen LogP contribution in [0.5, 0.6) is 0 Å². The van der Waals surface area contributed by atoms with Gasteiger partial charge < -0.3 is 0 Å². The van der Waals surface area contributed by atoms with E-state index in [0.717, 1.165) is 11.3 Å². The molecule has 0 saturated heterocycles. The van der Waals surface area contributed by atoms with Crippen molar-refractivity contribution in [3.63, 3.8) is 0 Å². The summed E-state index contributed by atoms with van der Waals surface area (Å²) in [5, 5.41) is 4.82. The topological polar surface area (TPSA) is 41.5 Å². The van der Waals surface area contributed by atoms with Gasteiger partial charge in [-0.2, -0.15) is 5.10 Å². The minimum Gasteiger partial charge on any atom is -0.267 e. The summed E-state index contributed by atoms with van der Waals surface area (Å²) in [6.07, 6.45) is 0. The summed E-state index contributed by atoms with van der Waals surface area (Å²) in [6.45, 7) is 8.26. The maximum absolute atomic E-state index is 12.2. The highest BCUT2D eigenvalue weighted by Crippen LogP contribution is 2.22. The van der Waals surface area contributed by atoms with E-state index in [4.69, 9.17) is 11.6 Å². The molecule has 2 rings (SSSR count). The van der Waals surface area contributed by atoms with Gasteiger partial charge in [0.2, 0.25) is 0 Å². The molecule has 0 radical (unpaired) electrons. The first kappa shape index (κ1) is 17.2. The van der Waals surface area contributed by atoms with Crippen molar-refractivity contribution in [2.24, 2.45) is 5.10 Å². The number of nitrogens with one attached hydrogen (secondary N) is 1. The Balaban J connectivity index is 2.07. The summed E-state index contributed by atoms with van der Waals surface area (Å²) in [4.78, 5) is 12.2. The first-order chi connectivity index (χ1) is 10.8. The molecule has 0 aromatic heterocycles. The lowest BCUT2D eigenvalue weighted by molar-refractivity contribution is 0.0955. The molecule has 23 heavy (non-hydrogen) atoms. The molecule has 0 aliphatic rings. The maximum atomic E-state index is 12.2. The zero-order valence-corrected chi connectivity index (χ0v) is 14.6. The third-order valence-corrected chi connectivity index (χ3v) is 3.85. The molecule has 120 valence electrons. The number of rotatable bonds is 3. The van der Waals surface area contributed by atoms with Crippen LogP contribution in [0.15, 0.2) is 53.6 Å². The van der Waals surface area contributed by atoms with Crippen molar-refractivity contribution in [1.82, 2.24) is 5.43 Å². The van der Waals surface area contributed by atoms with Gasteiger partial charge in [0.1, 0.15) is 0 Å². The molecule has 1 amide bonds. The Hall–Kier alpha value is -2.13. The monoisotopic (exact) mass is 328 g/mol. The molecule has 0 bridgehead atoms. The summed E-state index contributed by atoms with van der Waals surface area (Å²) < 4.78 is 0. The lowest BCUT2D eigenvalue weighted by Crippen LogP contribution is -2.20. The summed E-state index contributed by atoms with van der Waals surface area (Å²) in [5.74, 6) is -0.223. The number of carbonyl (C=O) groups excluding carboxylic acids is 1. The van der Waals surface area contributed by atoms with Crippen molar-refractivity contribution in [2.75, 3.05) is 0 Å². The van der Waals surface area contributed by atoms with Crippen LogP contribution in [0.1, 0.15) is 49.2 Å². The fraction of sp³-hybridized carbons (Fsp3) is 0.263. The highest BCUT2D eigenvalue weighted by atomic mass is 35.5. The van der Waals surface area contributed by atoms with E-state index < -0.39 is 0 Å². The molecule has 0 atom stereocenters. The van der Waals surface area contributed by atoms with E-state index in [0.29, 0.717) is 10.6 Å². The Morgan fingerprint density at radius 2 is 1.48 bits per heavy atom.